The van der Waals surface area contributed by atoms with Crippen LogP contribution >= 0.6 is 0 Å². The second-order valence-electron chi connectivity index (χ2n) is 7.79. The summed E-state index contributed by atoms with van der Waals surface area (Å²) in [4.78, 5) is 14.4. The van der Waals surface area contributed by atoms with Crippen molar-refractivity contribution >= 4 is 11.6 Å². The topological polar surface area (TPSA) is 41.6 Å². The predicted octanol–water partition coefficient (Wildman–Crippen LogP) is 3.62. The number of nitrogens with one attached hydrogen (secondary N) is 1. The molecule has 1 heterocycles. The first-order valence-corrected chi connectivity index (χ1v) is 9.67. The van der Waals surface area contributed by atoms with E-state index in [1.54, 1.807) is 0 Å². The van der Waals surface area contributed by atoms with Crippen LogP contribution in [0.2, 0.25) is 0 Å². The maximum atomic E-state index is 13.1. The van der Waals surface area contributed by atoms with Crippen molar-refractivity contribution in [1.29, 1.82) is 0 Å². The molecular formula is C22H30F2N2O2. The first kappa shape index (κ1) is 22.2. The van der Waals surface area contributed by atoms with Crippen LogP contribution in [0.4, 0.5) is 14.5 Å². The third kappa shape index (κ3) is 5.45. The van der Waals surface area contributed by atoms with Crippen molar-refractivity contribution in [2.24, 2.45) is 5.41 Å². The number of amides is 1. The largest absolute Gasteiger partial charge is 0.375 e. The Kier molecular flexibility index (Phi) is 7.42. The van der Waals surface area contributed by atoms with E-state index in [4.69, 9.17) is 4.74 Å². The lowest BCUT2D eigenvalue weighted by molar-refractivity contribution is -0.128. The van der Waals surface area contributed by atoms with Crippen molar-refractivity contribution in [1.82, 2.24) is 5.32 Å². The second kappa shape index (κ2) is 9.38. The minimum Gasteiger partial charge on any atom is -0.375 e. The maximum absolute atomic E-state index is 13.1. The fraction of sp³-hybridized carbons (Fsp3) is 0.591. The molecule has 6 heteroatoms. The highest BCUT2D eigenvalue weighted by Crippen LogP contribution is 2.46. The van der Waals surface area contributed by atoms with Gasteiger partial charge in [0.25, 0.3) is 0 Å². The summed E-state index contributed by atoms with van der Waals surface area (Å²) in [5.74, 6) is 6.10. The van der Waals surface area contributed by atoms with E-state index < -0.39 is 17.6 Å². The van der Waals surface area contributed by atoms with E-state index in [9.17, 15) is 13.6 Å². The van der Waals surface area contributed by atoms with Crippen LogP contribution in [0, 0.1) is 17.3 Å². The van der Waals surface area contributed by atoms with Gasteiger partial charge in [-0.3, -0.25) is 9.18 Å². The van der Waals surface area contributed by atoms with E-state index in [2.05, 4.69) is 28.1 Å². The zero-order chi connectivity index (χ0) is 20.8. The van der Waals surface area contributed by atoms with Crippen molar-refractivity contribution in [3.63, 3.8) is 0 Å². The van der Waals surface area contributed by atoms with Crippen molar-refractivity contribution in [3.8, 4) is 11.8 Å². The number of hydrogen-bond donors (Lipinski definition) is 1. The van der Waals surface area contributed by atoms with Gasteiger partial charge in [0.2, 0.25) is 5.91 Å². The summed E-state index contributed by atoms with van der Waals surface area (Å²) in [5.41, 5.74) is 1.57. The molecule has 1 aliphatic carbocycles. The van der Waals surface area contributed by atoms with E-state index >= 15 is 0 Å². The van der Waals surface area contributed by atoms with Crippen molar-refractivity contribution in [3.05, 3.63) is 29.3 Å². The molecule has 28 heavy (non-hydrogen) atoms. The second-order valence-corrected chi connectivity index (χ2v) is 7.79. The van der Waals surface area contributed by atoms with Gasteiger partial charge < -0.3 is 15.0 Å². The molecule has 4 nitrogen and oxygen atoms in total. The molecule has 1 aromatic carbocycles. The third-order valence-electron chi connectivity index (χ3n) is 4.91. The Morgan fingerprint density at radius 1 is 1.36 bits per heavy atom. The summed E-state index contributed by atoms with van der Waals surface area (Å²) < 4.78 is 29.0. The highest BCUT2D eigenvalue weighted by atomic mass is 19.1. The molecular weight excluding hydrogens is 362 g/mol. The minimum atomic E-state index is -0.806. The van der Waals surface area contributed by atoms with E-state index in [0.717, 1.165) is 23.4 Å². The Morgan fingerprint density at radius 3 is 2.64 bits per heavy atom. The quantitative estimate of drug-likeness (QED) is 0.799. The summed E-state index contributed by atoms with van der Waals surface area (Å²) in [6, 6.07) is 6.02. The molecule has 0 saturated heterocycles. The highest BCUT2D eigenvalue weighted by molar-refractivity contribution is 5.86. The van der Waals surface area contributed by atoms with Gasteiger partial charge in [0.15, 0.2) is 0 Å². The van der Waals surface area contributed by atoms with Crippen molar-refractivity contribution in [2.75, 3.05) is 38.4 Å². The smallest absolute Gasteiger partial charge is 0.230 e. The number of likely N-dealkylation sites (N-methyl/N-ethyl adjacent to an activating group) is 1. The zero-order valence-corrected chi connectivity index (χ0v) is 17.2. The molecule has 1 aliphatic heterocycles. The fourth-order valence-electron chi connectivity index (χ4n) is 2.94. The maximum Gasteiger partial charge on any atom is 0.230 e. The van der Waals surface area contributed by atoms with Crippen molar-refractivity contribution in [2.45, 2.75) is 45.8 Å². The number of carbonyl (C=O) groups is 1. The lowest BCUT2D eigenvalue weighted by atomic mass is 10.00. The number of halogens is 2. The van der Waals surface area contributed by atoms with E-state index in [0.29, 0.717) is 26.1 Å². The molecule has 1 saturated carbocycles. The van der Waals surface area contributed by atoms with Gasteiger partial charge in [0, 0.05) is 30.4 Å². The van der Waals surface area contributed by atoms with Gasteiger partial charge in [-0.25, -0.2) is 4.39 Å². The Balaban J connectivity index is 0.000000878. The monoisotopic (exact) mass is 392 g/mol. The zero-order valence-electron chi connectivity index (χ0n) is 17.2. The Hall–Kier alpha value is -2.13. The number of benzene rings is 1. The Morgan fingerprint density at radius 2 is 2.04 bits per heavy atom. The number of carbonyl (C=O) groups excluding carboxylic acids is 1. The van der Waals surface area contributed by atoms with Gasteiger partial charge >= 0.3 is 0 Å². The van der Waals surface area contributed by atoms with Crippen LogP contribution in [-0.2, 0) is 16.1 Å². The molecule has 2 aliphatic rings. The standard InChI is InChI=1S/C20H25FN2O2.C2H5F/c1-19(2,22-18(24)20(14-21)9-10-20)8-7-15-5-4-6-17-16(15)13-25-12-11-23(17)3;1-2-3/h4-6H,9-14H2,1-3H3,(H,22,24);2H2,1H3. The average Bonchev–Trinajstić information content (AvgIpc) is 3.46. The van der Waals surface area contributed by atoms with Crippen LogP contribution in [0.5, 0.6) is 0 Å². The lowest BCUT2D eigenvalue weighted by Crippen LogP contribution is -2.46. The molecule has 154 valence electrons. The van der Waals surface area contributed by atoms with Gasteiger partial charge in [-0.05, 0) is 45.7 Å². The molecule has 0 unspecified atom stereocenters. The van der Waals surface area contributed by atoms with E-state index in [1.165, 1.54) is 6.92 Å². The number of ether oxygens (including phenoxy) is 1. The summed E-state index contributed by atoms with van der Waals surface area (Å²) in [5, 5.41) is 2.89. The van der Waals surface area contributed by atoms with Crippen LogP contribution in [0.15, 0.2) is 18.2 Å². The van der Waals surface area contributed by atoms with Gasteiger partial charge in [-0.1, -0.05) is 17.9 Å². The number of alkyl halides is 2. The summed E-state index contributed by atoms with van der Waals surface area (Å²) in [6.45, 7) is 6.36. The van der Waals surface area contributed by atoms with E-state index in [-0.39, 0.29) is 12.6 Å². The molecule has 3 rings (SSSR count). The third-order valence-corrected chi connectivity index (χ3v) is 4.91. The number of rotatable bonds is 3. The van der Waals surface area contributed by atoms with Crippen LogP contribution in [0.25, 0.3) is 0 Å². The Labute approximate surface area is 166 Å². The van der Waals surface area contributed by atoms with Crippen LogP contribution in [-0.4, -0.2) is 45.0 Å². The molecule has 1 amide bonds. The number of hydrogen-bond acceptors (Lipinski definition) is 3. The summed E-state index contributed by atoms with van der Waals surface area (Å²) in [7, 11) is 2.04. The fourth-order valence-corrected chi connectivity index (χ4v) is 2.94. The molecule has 1 fully saturated rings. The predicted molar refractivity (Wildman–Crippen MR) is 108 cm³/mol. The molecule has 1 aromatic rings. The minimum absolute atomic E-state index is 0.232. The van der Waals surface area contributed by atoms with Crippen LogP contribution in [0.3, 0.4) is 0 Å². The molecule has 0 bridgehead atoms. The first-order valence-electron chi connectivity index (χ1n) is 9.67. The molecule has 0 atom stereocenters. The molecule has 0 aromatic heterocycles. The van der Waals surface area contributed by atoms with Gasteiger partial charge in [-0.15, -0.1) is 0 Å². The molecule has 1 N–H and O–H groups in total. The Bertz CT molecular complexity index is 749. The van der Waals surface area contributed by atoms with E-state index in [1.807, 2.05) is 33.0 Å². The number of anilines is 1. The highest BCUT2D eigenvalue weighted by Gasteiger charge is 2.51. The normalized spacial score (nSPS) is 17.1. The van der Waals surface area contributed by atoms with Gasteiger partial charge in [-0.2, -0.15) is 0 Å². The molecule has 0 radical (unpaired) electrons. The average molecular weight is 392 g/mol. The number of fused-ring (bicyclic) bond motifs is 1. The van der Waals surface area contributed by atoms with Crippen molar-refractivity contribution < 1.29 is 18.3 Å². The van der Waals surface area contributed by atoms with Crippen LogP contribution < -0.4 is 10.2 Å². The van der Waals surface area contributed by atoms with Gasteiger partial charge in [0.05, 0.1) is 30.8 Å². The summed E-state index contributed by atoms with van der Waals surface area (Å²) in [6.07, 6.45) is 1.24. The SMILES string of the molecule is CCF.CN1CCOCc2c(C#CC(C)(C)NC(=O)C3(CF)CC3)cccc21. The van der Waals surface area contributed by atoms with Crippen LogP contribution in [0.1, 0.15) is 44.7 Å². The first-order chi connectivity index (χ1) is 13.3. The van der Waals surface area contributed by atoms with Gasteiger partial charge in [0.1, 0.15) is 6.67 Å². The number of nitrogens with zero attached hydrogens (tertiary/aromatic N) is 1. The summed E-state index contributed by atoms with van der Waals surface area (Å²) >= 11 is 0. The molecule has 0 spiro atoms. The lowest BCUT2D eigenvalue weighted by Gasteiger charge is -2.23.